The lowest BCUT2D eigenvalue weighted by Crippen LogP contribution is -2.26. The average molecular weight is 279 g/mol. The summed E-state index contributed by atoms with van der Waals surface area (Å²) in [5.74, 6) is 2.05. The summed E-state index contributed by atoms with van der Waals surface area (Å²) in [6.07, 6.45) is 3.02. The largest absolute Gasteiger partial charge is 0.493 e. The molecule has 1 aromatic rings. The minimum absolute atomic E-state index is 0.212. The zero-order chi connectivity index (χ0) is 14.4. The van der Waals surface area contributed by atoms with Gasteiger partial charge in [0, 0.05) is 18.4 Å². The lowest BCUT2D eigenvalue weighted by atomic mass is 9.96. The molecule has 0 aromatic heterocycles. The molecule has 20 heavy (non-hydrogen) atoms. The average Bonchev–Trinajstić information content (AvgIpc) is 2.48. The zero-order valence-electron chi connectivity index (χ0n) is 12.4. The lowest BCUT2D eigenvalue weighted by Gasteiger charge is -2.27. The first-order chi connectivity index (χ1) is 9.76. The maximum Gasteiger partial charge on any atom is 0.165 e. The first-order valence-corrected chi connectivity index (χ1v) is 7.37. The van der Waals surface area contributed by atoms with Crippen LogP contribution < -0.4 is 15.2 Å². The highest BCUT2D eigenvalue weighted by molar-refractivity contribution is 5.48. The SMILES string of the molecule is COc1cccc(C(C)CCN)c1OC1CCOCC1. The third-order valence-corrected chi connectivity index (χ3v) is 3.81. The van der Waals surface area contributed by atoms with Crippen molar-refractivity contribution in [2.24, 2.45) is 5.73 Å². The third-order valence-electron chi connectivity index (χ3n) is 3.81. The molecule has 1 aliphatic rings. The molecule has 4 nitrogen and oxygen atoms in total. The Hall–Kier alpha value is -1.26. The molecule has 1 atom stereocenters. The van der Waals surface area contributed by atoms with Crippen LogP contribution in [0.5, 0.6) is 11.5 Å². The Balaban J connectivity index is 2.22. The second-order valence-corrected chi connectivity index (χ2v) is 5.29. The number of hydrogen-bond donors (Lipinski definition) is 1. The molecule has 1 unspecified atom stereocenters. The predicted molar refractivity (Wildman–Crippen MR) is 79.5 cm³/mol. The zero-order valence-corrected chi connectivity index (χ0v) is 12.4. The summed E-state index contributed by atoms with van der Waals surface area (Å²) in [5, 5.41) is 0. The molecule has 0 amide bonds. The minimum atomic E-state index is 0.212. The highest BCUT2D eigenvalue weighted by Gasteiger charge is 2.21. The lowest BCUT2D eigenvalue weighted by molar-refractivity contribution is 0.0240. The molecule has 4 heteroatoms. The van der Waals surface area contributed by atoms with Crippen LogP contribution in [0.4, 0.5) is 0 Å². The van der Waals surface area contributed by atoms with Gasteiger partial charge in [-0.3, -0.25) is 0 Å². The van der Waals surface area contributed by atoms with Gasteiger partial charge in [-0.2, -0.15) is 0 Å². The van der Waals surface area contributed by atoms with Gasteiger partial charge in [0.15, 0.2) is 11.5 Å². The molecule has 0 bridgehead atoms. The van der Waals surface area contributed by atoms with Gasteiger partial charge in [-0.15, -0.1) is 0 Å². The Morgan fingerprint density at radius 3 is 2.75 bits per heavy atom. The molecule has 0 saturated carbocycles. The van der Waals surface area contributed by atoms with Crippen LogP contribution in [0.2, 0.25) is 0 Å². The van der Waals surface area contributed by atoms with Gasteiger partial charge >= 0.3 is 0 Å². The van der Waals surface area contributed by atoms with Crippen LogP contribution in [0.25, 0.3) is 0 Å². The summed E-state index contributed by atoms with van der Waals surface area (Å²) in [4.78, 5) is 0. The van der Waals surface area contributed by atoms with Crippen molar-refractivity contribution in [3.8, 4) is 11.5 Å². The van der Waals surface area contributed by atoms with Crippen LogP contribution in [0.3, 0.4) is 0 Å². The Morgan fingerprint density at radius 2 is 2.10 bits per heavy atom. The summed E-state index contributed by atoms with van der Waals surface area (Å²) >= 11 is 0. The second-order valence-electron chi connectivity index (χ2n) is 5.29. The summed E-state index contributed by atoms with van der Waals surface area (Å²) in [6, 6.07) is 6.07. The quantitative estimate of drug-likeness (QED) is 0.870. The molecule has 0 spiro atoms. The van der Waals surface area contributed by atoms with E-state index in [0.29, 0.717) is 12.5 Å². The van der Waals surface area contributed by atoms with Gasteiger partial charge < -0.3 is 19.9 Å². The van der Waals surface area contributed by atoms with Crippen LogP contribution in [0, 0.1) is 0 Å². The number of nitrogens with two attached hydrogens (primary N) is 1. The van der Waals surface area contributed by atoms with E-state index in [2.05, 4.69) is 13.0 Å². The molecule has 0 aliphatic carbocycles. The fraction of sp³-hybridized carbons (Fsp3) is 0.625. The van der Waals surface area contributed by atoms with Gasteiger partial charge in [0.25, 0.3) is 0 Å². The molecular formula is C16H25NO3. The van der Waals surface area contributed by atoms with E-state index in [-0.39, 0.29) is 6.10 Å². The molecular weight excluding hydrogens is 254 g/mol. The first kappa shape index (κ1) is 15.1. The number of ether oxygens (including phenoxy) is 3. The van der Waals surface area contributed by atoms with E-state index in [9.17, 15) is 0 Å². The number of benzene rings is 1. The molecule has 1 aromatic carbocycles. The Bertz CT molecular complexity index is 416. The fourth-order valence-electron chi connectivity index (χ4n) is 2.57. The van der Waals surface area contributed by atoms with Gasteiger partial charge in [0.1, 0.15) is 6.10 Å². The maximum atomic E-state index is 6.23. The van der Waals surface area contributed by atoms with Crippen molar-refractivity contribution in [2.45, 2.75) is 38.2 Å². The van der Waals surface area contributed by atoms with Crippen molar-refractivity contribution in [1.29, 1.82) is 0 Å². The molecule has 1 aliphatic heterocycles. The van der Waals surface area contributed by atoms with Crippen molar-refractivity contribution >= 4 is 0 Å². The molecule has 1 fully saturated rings. The normalized spacial score (nSPS) is 17.8. The molecule has 2 N–H and O–H groups in total. The van der Waals surface area contributed by atoms with E-state index < -0.39 is 0 Å². The van der Waals surface area contributed by atoms with Crippen LogP contribution in [0.1, 0.15) is 37.7 Å². The van der Waals surface area contributed by atoms with Crippen molar-refractivity contribution in [3.05, 3.63) is 23.8 Å². The topological polar surface area (TPSA) is 53.7 Å². The third kappa shape index (κ3) is 3.64. The standard InChI is InChI=1S/C16H25NO3/c1-12(6-9-17)14-4-3-5-15(18-2)16(14)20-13-7-10-19-11-8-13/h3-5,12-13H,6-11,17H2,1-2H3. The van der Waals surface area contributed by atoms with E-state index in [1.165, 1.54) is 5.56 Å². The summed E-state index contributed by atoms with van der Waals surface area (Å²) in [5.41, 5.74) is 6.86. The van der Waals surface area contributed by atoms with Crippen LogP contribution in [-0.4, -0.2) is 33.0 Å². The highest BCUT2D eigenvalue weighted by atomic mass is 16.5. The number of hydrogen-bond acceptors (Lipinski definition) is 4. The van der Waals surface area contributed by atoms with Crippen molar-refractivity contribution in [3.63, 3.8) is 0 Å². The molecule has 1 saturated heterocycles. The van der Waals surface area contributed by atoms with E-state index in [1.54, 1.807) is 7.11 Å². The second kappa shape index (κ2) is 7.50. The van der Waals surface area contributed by atoms with Gasteiger partial charge in [0.05, 0.1) is 20.3 Å². The van der Waals surface area contributed by atoms with Crippen LogP contribution >= 0.6 is 0 Å². The molecule has 112 valence electrons. The van der Waals surface area contributed by atoms with Gasteiger partial charge in [-0.25, -0.2) is 0 Å². The van der Waals surface area contributed by atoms with E-state index in [4.69, 9.17) is 19.9 Å². The molecule has 0 radical (unpaired) electrons. The predicted octanol–water partition coefficient (Wildman–Crippen LogP) is 2.71. The smallest absolute Gasteiger partial charge is 0.165 e. The summed E-state index contributed by atoms with van der Waals surface area (Å²) < 4.78 is 17.1. The number of para-hydroxylation sites is 1. The summed E-state index contributed by atoms with van der Waals surface area (Å²) in [7, 11) is 1.68. The van der Waals surface area contributed by atoms with Crippen LogP contribution in [-0.2, 0) is 4.74 Å². The molecule has 2 rings (SSSR count). The van der Waals surface area contributed by atoms with Gasteiger partial charge in [-0.05, 0) is 24.9 Å². The van der Waals surface area contributed by atoms with Crippen molar-refractivity contribution in [2.75, 3.05) is 26.9 Å². The number of methoxy groups -OCH3 is 1. The first-order valence-electron chi connectivity index (χ1n) is 7.37. The minimum Gasteiger partial charge on any atom is -0.493 e. The van der Waals surface area contributed by atoms with Crippen molar-refractivity contribution < 1.29 is 14.2 Å². The fourth-order valence-corrected chi connectivity index (χ4v) is 2.57. The monoisotopic (exact) mass is 279 g/mol. The Kier molecular flexibility index (Phi) is 5.68. The van der Waals surface area contributed by atoms with Crippen molar-refractivity contribution in [1.82, 2.24) is 0 Å². The maximum absolute atomic E-state index is 6.23. The Morgan fingerprint density at radius 1 is 1.35 bits per heavy atom. The van der Waals surface area contributed by atoms with E-state index in [1.807, 2.05) is 12.1 Å². The number of rotatable bonds is 6. The summed E-state index contributed by atoms with van der Waals surface area (Å²) in [6.45, 7) is 4.40. The van der Waals surface area contributed by atoms with Gasteiger partial charge in [-0.1, -0.05) is 19.1 Å². The Labute approximate surface area is 121 Å². The molecule has 1 heterocycles. The van der Waals surface area contributed by atoms with Gasteiger partial charge in [0.2, 0.25) is 0 Å². The van der Waals surface area contributed by atoms with E-state index in [0.717, 1.165) is 44.0 Å². The highest BCUT2D eigenvalue weighted by Crippen LogP contribution is 2.38. The van der Waals surface area contributed by atoms with E-state index >= 15 is 0 Å². The van der Waals surface area contributed by atoms with Crippen LogP contribution in [0.15, 0.2) is 18.2 Å².